The fourth-order valence-electron chi connectivity index (χ4n) is 1.54. The van der Waals surface area contributed by atoms with Crippen LogP contribution in [0.15, 0.2) is 23.8 Å². The Bertz CT molecular complexity index is 317. The van der Waals surface area contributed by atoms with E-state index in [1.807, 2.05) is 13.0 Å². The highest BCUT2D eigenvalue weighted by Crippen LogP contribution is 2.25. The summed E-state index contributed by atoms with van der Waals surface area (Å²) in [5, 5.41) is 0. The van der Waals surface area contributed by atoms with Crippen molar-refractivity contribution in [2.45, 2.75) is 19.5 Å². The Kier molecular flexibility index (Phi) is 3.21. The first-order valence-corrected chi connectivity index (χ1v) is 4.55. The topological polar surface area (TPSA) is 20.3 Å². The minimum Gasteiger partial charge on any atom is -0.330 e. The number of amides is 1. The van der Waals surface area contributed by atoms with Crippen molar-refractivity contribution in [3.63, 3.8) is 0 Å². The van der Waals surface area contributed by atoms with Crippen LogP contribution in [0.5, 0.6) is 0 Å². The maximum absolute atomic E-state index is 12.1. The van der Waals surface area contributed by atoms with Crippen molar-refractivity contribution in [1.29, 1.82) is 0 Å². The van der Waals surface area contributed by atoms with Gasteiger partial charge in [0.25, 0.3) is 0 Å². The van der Waals surface area contributed by atoms with Crippen molar-refractivity contribution in [2.24, 2.45) is 0 Å². The van der Waals surface area contributed by atoms with E-state index < -0.39 is 12.1 Å². The van der Waals surface area contributed by atoms with Crippen LogP contribution in [-0.4, -0.2) is 30.1 Å². The third-order valence-corrected chi connectivity index (χ3v) is 2.37. The van der Waals surface area contributed by atoms with E-state index in [9.17, 15) is 18.0 Å². The van der Waals surface area contributed by atoms with Crippen LogP contribution < -0.4 is 0 Å². The first-order valence-electron chi connectivity index (χ1n) is 4.55. The largest absolute Gasteiger partial charge is 0.471 e. The summed E-state index contributed by atoms with van der Waals surface area (Å²) >= 11 is 0. The maximum atomic E-state index is 12.1. The second-order valence-electron chi connectivity index (χ2n) is 3.39. The number of hydrogen-bond donors (Lipinski definition) is 0. The van der Waals surface area contributed by atoms with Crippen LogP contribution in [0.2, 0.25) is 0 Å². The Morgan fingerprint density at radius 3 is 2.53 bits per heavy atom. The molecule has 1 fully saturated rings. The SMILES string of the molecule is C=C1CN(C(=O)C(F)(F)F)CCC1=CC. The van der Waals surface area contributed by atoms with Crippen molar-refractivity contribution >= 4 is 5.91 Å². The summed E-state index contributed by atoms with van der Waals surface area (Å²) in [5.41, 5.74) is 1.52. The fourth-order valence-corrected chi connectivity index (χ4v) is 1.54. The molecule has 0 saturated carbocycles. The van der Waals surface area contributed by atoms with E-state index in [0.29, 0.717) is 12.0 Å². The van der Waals surface area contributed by atoms with E-state index in [0.717, 1.165) is 10.5 Å². The van der Waals surface area contributed by atoms with E-state index in [-0.39, 0.29) is 13.1 Å². The van der Waals surface area contributed by atoms with Gasteiger partial charge < -0.3 is 4.90 Å². The standard InChI is InChI=1S/C10H12F3NO/c1-3-8-4-5-14(6-7(8)2)9(15)10(11,12)13/h3H,2,4-6H2,1H3. The van der Waals surface area contributed by atoms with Crippen LogP contribution in [-0.2, 0) is 4.79 Å². The monoisotopic (exact) mass is 219 g/mol. The molecule has 0 spiro atoms. The normalized spacial score (nSPS) is 20.9. The smallest absolute Gasteiger partial charge is 0.330 e. The number of likely N-dealkylation sites (tertiary alicyclic amines) is 1. The van der Waals surface area contributed by atoms with Crippen molar-refractivity contribution in [1.82, 2.24) is 4.90 Å². The lowest BCUT2D eigenvalue weighted by Crippen LogP contribution is -2.44. The molecule has 0 unspecified atom stereocenters. The number of halogens is 3. The van der Waals surface area contributed by atoms with Gasteiger partial charge in [-0.05, 0) is 24.5 Å². The van der Waals surface area contributed by atoms with Gasteiger partial charge in [-0.3, -0.25) is 4.79 Å². The van der Waals surface area contributed by atoms with Gasteiger partial charge in [-0.25, -0.2) is 0 Å². The molecule has 15 heavy (non-hydrogen) atoms. The van der Waals surface area contributed by atoms with Gasteiger partial charge in [-0.2, -0.15) is 13.2 Å². The van der Waals surface area contributed by atoms with Gasteiger partial charge in [-0.15, -0.1) is 0 Å². The summed E-state index contributed by atoms with van der Waals surface area (Å²) in [6, 6.07) is 0. The lowest BCUT2D eigenvalue weighted by molar-refractivity contribution is -0.185. The molecule has 0 N–H and O–H groups in total. The summed E-state index contributed by atoms with van der Waals surface area (Å²) in [7, 11) is 0. The zero-order chi connectivity index (χ0) is 11.6. The van der Waals surface area contributed by atoms with Crippen LogP contribution >= 0.6 is 0 Å². The number of rotatable bonds is 0. The van der Waals surface area contributed by atoms with Crippen LogP contribution in [0.1, 0.15) is 13.3 Å². The molecule has 84 valence electrons. The molecule has 2 nitrogen and oxygen atoms in total. The number of carbonyl (C=O) groups is 1. The molecule has 0 radical (unpaired) electrons. The van der Waals surface area contributed by atoms with Gasteiger partial charge in [0.05, 0.1) is 0 Å². The first-order chi connectivity index (χ1) is 6.86. The average molecular weight is 219 g/mol. The summed E-state index contributed by atoms with van der Waals surface area (Å²) < 4.78 is 36.3. The minimum absolute atomic E-state index is 0.0297. The third-order valence-electron chi connectivity index (χ3n) is 2.37. The molecule has 1 aliphatic heterocycles. The zero-order valence-corrected chi connectivity index (χ0v) is 8.40. The molecular weight excluding hydrogens is 207 g/mol. The first kappa shape index (κ1) is 11.8. The predicted octanol–water partition coefficient (Wildman–Crippen LogP) is 2.28. The summed E-state index contributed by atoms with van der Waals surface area (Å²) in [4.78, 5) is 11.7. The second kappa shape index (κ2) is 4.08. The van der Waals surface area contributed by atoms with Crippen molar-refractivity contribution < 1.29 is 18.0 Å². The zero-order valence-electron chi connectivity index (χ0n) is 8.40. The van der Waals surface area contributed by atoms with Crippen LogP contribution in [0.4, 0.5) is 13.2 Å². The number of hydrogen-bond acceptors (Lipinski definition) is 1. The second-order valence-corrected chi connectivity index (χ2v) is 3.39. The average Bonchev–Trinajstić information content (AvgIpc) is 2.15. The Hall–Kier alpha value is -1.26. The van der Waals surface area contributed by atoms with Gasteiger partial charge in [-0.1, -0.05) is 12.7 Å². The Morgan fingerprint density at radius 2 is 2.13 bits per heavy atom. The van der Waals surface area contributed by atoms with Gasteiger partial charge in [0.2, 0.25) is 0 Å². The maximum Gasteiger partial charge on any atom is 0.471 e. The molecule has 0 bridgehead atoms. The Labute approximate surface area is 86.1 Å². The lowest BCUT2D eigenvalue weighted by Gasteiger charge is -2.30. The van der Waals surface area contributed by atoms with Gasteiger partial charge >= 0.3 is 12.1 Å². The summed E-state index contributed by atoms with van der Waals surface area (Å²) in [6.07, 6.45) is -2.53. The highest BCUT2D eigenvalue weighted by molar-refractivity contribution is 5.82. The van der Waals surface area contributed by atoms with E-state index in [4.69, 9.17) is 0 Å². The predicted molar refractivity (Wildman–Crippen MR) is 50.1 cm³/mol. The molecule has 0 aliphatic carbocycles. The van der Waals surface area contributed by atoms with Gasteiger partial charge in [0.15, 0.2) is 0 Å². The molecule has 1 rings (SSSR count). The van der Waals surface area contributed by atoms with Gasteiger partial charge in [0.1, 0.15) is 0 Å². The quantitative estimate of drug-likeness (QED) is 0.612. The minimum atomic E-state index is -4.78. The molecule has 1 heterocycles. The molecule has 1 aliphatic rings. The molecule has 0 aromatic rings. The van der Waals surface area contributed by atoms with Crippen molar-refractivity contribution in [2.75, 3.05) is 13.1 Å². The Morgan fingerprint density at radius 1 is 1.53 bits per heavy atom. The number of allylic oxidation sites excluding steroid dienone is 1. The highest BCUT2D eigenvalue weighted by Gasteiger charge is 2.43. The van der Waals surface area contributed by atoms with Crippen LogP contribution in [0.25, 0.3) is 0 Å². The molecule has 0 aromatic heterocycles. The number of alkyl halides is 3. The van der Waals surface area contributed by atoms with Crippen LogP contribution in [0, 0.1) is 0 Å². The summed E-state index contributed by atoms with van der Waals surface area (Å²) in [6.45, 7) is 5.54. The molecular formula is C10H12F3NO. The lowest BCUT2D eigenvalue weighted by atomic mass is 9.99. The molecule has 0 atom stereocenters. The van der Waals surface area contributed by atoms with E-state index in [2.05, 4.69) is 6.58 Å². The number of piperidine rings is 1. The third kappa shape index (κ3) is 2.61. The highest BCUT2D eigenvalue weighted by atomic mass is 19.4. The fraction of sp³-hybridized carbons (Fsp3) is 0.500. The molecule has 5 heteroatoms. The molecule has 0 aromatic carbocycles. The van der Waals surface area contributed by atoms with Crippen molar-refractivity contribution in [3.05, 3.63) is 23.8 Å². The van der Waals surface area contributed by atoms with Crippen molar-refractivity contribution in [3.8, 4) is 0 Å². The van der Waals surface area contributed by atoms with E-state index in [1.54, 1.807) is 0 Å². The number of nitrogens with zero attached hydrogens (tertiary/aromatic N) is 1. The van der Waals surface area contributed by atoms with E-state index in [1.165, 1.54) is 0 Å². The summed E-state index contributed by atoms with van der Waals surface area (Å²) in [5.74, 6) is -1.78. The molecule has 1 saturated heterocycles. The Balaban J connectivity index is 2.71. The number of carbonyl (C=O) groups excluding carboxylic acids is 1. The molecule has 1 amide bonds. The van der Waals surface area contributed by atoms with Gasteiger partial charge in [0, 0.05) is 13.1 Å². The van der Waals surface area contributed by atoms with E-state index >= 15 is 0 Å². The van der Waals surface area contributed by atoms with Crippen LogP contribution in [0.3, 0.4) is 0 Å².